The smallest absolute Gasteiger partial charge is 0.0724 e. The molecular weight excluding hydrogens is 178 g/mol. The Balaban J connectivity index is 1.83. The molecule has 0 bridgehead atoms. The fourth-order valence-corrected chi connectivity index (χ4v) is 2.81. The molecule has 4 atom stereocenters. The van der Waals surface area contributed by atoms with E-state index in [1.165, 1.54) is 12.8 Å². The molecule has 82 valence electrons. The zero-order valence-electron chi connectivity index (χ0n) is 8.91. The highest BCUT2D eigenvalue weighted by Crippen LogP contribution is 2.25. The predicted molar refractivity (Wildman–Crippen MR) is 55.2 cm³/mol. The molecule has 0 radical (unpaired) electrons. The molecule has 2 fully saturated rings. The lowest BCUT2D eigenvalue weighted by Crippen LogP contribution is -2.46. The van der Waals surface area contributed by atoms with E-state index in [-0.39, 0.29) is 6.10 Å². The Kier molecular flexibility index (Phi) is 3.42. The summed E-state index contributed by atoms with van der Waals surface area (Å²) in [5.41, 5.74) is 0. The summed E-state index contributed by atoms with van der Waals surface area (Å²) in [6.07, 6.45) is 7.08. The van der Waals surface area contributed by atoms with Gasteiger partial charge in [-0.15, -0.1) is 0 Å². The van der Waals surface area contributed by atoms with Crippen LogP contribution in [0.1, 0.15) is 38.5 Å². The Morgan fingerprint density at radius 3 is 2.43 bits per heavy atom. The van der Waals surface area contributed by atoms with Gasteiger partial charge in [-0.25, -0.2) is 0 Å². The molecule has 2 aliphatic rings. The third-order valence-corrected chi connectivity index (χ3v) is 3.66. The zero-order valence-corrected chi connectivity index (χ0v) is 8.91. The largest absolute Gasteiger partial charge is 0.392 e. The first-order valence-electron chi connectivity index (χ1n) is 5.78. The number of hydrogen-bond acceptors (Lipinski definition) is 3. The molecule has 2 saturated carbocycles. The highest BCUT2D eigenvalue weighted by Gasteiger charge is 2.32. The molecule has 0 amide bonds. The van der Waals surface area contributed by atoms with Gasteiger partial charge in [-0.05, 0) is 38.5 Å². The van der Waals surface area contributed by atoms with E-state index in [2.05, 4.69) is 5.32 Å². The molecule has 2 aliphatic carbocycles. The van der Waals surface area contributed by atoms with E-state index in [1.54, 1.807) is 7.11 Å². The minimum atomic E-state index is -0.131. The summed E-state index contributed by atoms with van der Waals surface area (Å²) in [5, 5.41) is 13.3. The molecule has 3 heteroatoms. The number of aliphatic hydroxyl groups excluding tert-OH is 1. The second-order valence-electron chi connectivity index (χ2n) is 4.58. The molecule has 0 aromatic rings. The SMILES string of the molecule is COC1CCCC1NC1CCCC1O. The number of aliphatic hydroxyl groups is 1. The number of hydrogen-bond donors (Lipinski definition) is 2. The maximum atomic E-state index is 9.70. The molecule has 0 aliphatic heterocycles. The van der Waals surface area contributed by atoms with Crippen molar-refractivity contribution in [2.45, 2.75) is 62.8 Å². The minimum absolute atomic E-state index is 0.131. The minimum Gasteiger partial charge on any atom is -0.392 e. The van der Waals surface area contributed by atoms with Crippen molar-refractivity contribution in [1.82, 2.24) is 5.32 Å². The summed E-state index contributed by atoms with van der Waals surface area (Å²) in [4.78, 5) is 0. The van der Waals surface area contributed by atoms with Crippen LogP contribution in [-0.4, -0.2) is 36.5 Å². The summed E-state index contributed by atoms with van der Waals surface area (Å²) in [6, 6.07) is 0.786. The van der Waals surface area contributed by atoms with Gasteiger partial charge >= 0.3 is 0 Å². The van der Waals surface area contributed by atoms with E-state index in [0.717, 1.165) is 25.7 Å². The topological polar surface area (TPSA) is 41.5 Å². The van der Waals surface area contributed by atoms with Gasteiger partial charge in [0.15, 0.2) is 0 Å². The molecule has 0 saturated heterocycles. The summed E-state index contributed by atoms with van der Waals surface area (Å²) in [5.74, 6) is 0. The normalized spacial score (nSPS) is 43.3. The average molecular weight is 199 g/mol. The summed E-state index contributed by atoms with van der Waals surface area (Å²) in [6.45, 7) is 0. The molecule has 0 spiro atoms. The number of ether oxygens (including phenoxy) is 1. The predicted octanol–water partition coefficient (Wildman–Crippen LogP) is 1.06. The van der Waals surface area contributed by atoms with Crippen molar-refractivity contribution in [2.24, 2.45) is 0 Å². The van der Waals surface area contributed by atoms with Crippen molar-refractivity contribution in [3.8, 4) is 0 Å². The van der Waals surface area contributed by atoms with Gasteiger partial charge in [0, 0.05) is 19.2 Å². The number of rotatable bonds is 3. The van der Waals surface area contributed by atoms with Crippen molar-refractivity contribution in [3.05, 3.63) is 0 Å². The van der Waals surface area contributed by atoms with Crippen LogP contribution in [0.3, 0.4) is 0 Å². The van der Waals surface area contributed by atoms with Crippen LogP contribution < -0.4 is 5.32 Å². The van der Waals surface area contributed by atoms with E-state index < -0.39 is 0 Å². The third kappa shape index (κ3) is 2.10. The van der Waals surface area contributed by atoms with Crippen LogP contribution in [-0.2, 0) is 4.74 Å². The Morgan fingerprint density at radius 1 is 1.07 bits per heavy atom. The van der Waals surface area contributed by atoms with Gasteiger partial charge in [0.25, 0.3) is 0 Å². The first-order valence-corrected chi connectivity index (χ1v) is 5.78. The first-order chi connectivity index (χ1) is 6.81. The lowest BCUT2D eigenvalue weighted by molar-refractivity contribution is 0.0694. The fraction of sp³-hybridized carbons (Fsp3) is 1.00. The van der Waals surface area contributed by atoms with Gasteiger partial charge in [-0.3, -0.25) is 0 Å². The fourth-order valence-electron chi connectivity index (χ4n) is 2.81. The summed E-state index contributed by atoms with van der Waals surface area (Å²) in [7, 11) is 1.79. The first kappa shape index (κ1) is 10.4. The van der Waals surface area contributed by atoms with Crippen LogP contribution in [0.15, 0.2) is 0 Å². The van der Waals surface area contributed by atoms with Crippen molar-refractivity contribution < 1.29 is 9.84 Å². The van der Waals surface area contributed by atoms with E-state index in [9.17, 15) is 5.11 Å². The van der Waals surface area contributed by atoms with Crippen LogP contribution in [0.25, 0.3) is 0 Å². The Bertz CT molecular complexity index is 186. The molecule has 0 aromatic heterocycles. The third-order valence-electron chi connectivity index (χ3n) is 3.66. The van der Waals surface area contributed by atoms with E-state index in [4.69, 9.17) is 4.74 Å². The second-order valence-corrected chi connectivity index (χ2v) is 4.58. The van der Waals surface area contributed by atoms with E-state index in [1.807, 2.05) is 0 Å². The van der Waals surface area contributed by atoms with Crippen molar-refractivity contribution in [3.63, 3.8) is 0 Å². The molecule has 4 unspecified atom stereocenters. The number of nitrogens with one attached hydrogen (secondary N) is 1. The number of methoxy groups -OCH3 is 1. The van der Waals surface area contributed by atoms with E-state index in [0.29, 0.717) is 18.2 Å². The van der Waals surface area contributed by atoms with Gasteiger partial charge in [-0.1, -0.05) is 0 Å². The van der Waals surface area contributed by atoms with Crippen LogP contribution in [0, 0.1) is 0 Å². The average Bonchev–Trinajstić information content (AvgIpc) is 2.77. The zero-order chi connectivity index (χ0) is 9.97. The Hall–Kier alpha value is -0.120. The quantitative estimate of drug-likeness (QED) is 0.714. The molecule has 14 heavy (non-hydrogen) atoms. The summed E-state index contributed by atoms with van der Waals surface area (Å²) >= 11 is 0. The van der Waals surface area contributed by atoms with Gasteiger partial charge in [0.05, 0.1) is 12.2 Å². The maximum absolute atomic E-state index is 9.70. The second kappa shape index (κ2) is 4.60. The molecule has 0 aromatic carbocycles. The lowest BCUT2D eigenvalue weighted by Gasteiger charge is -2.25. The van der Waals surface area contributed by atoms with Crippen LogP contribution in [0.2, 0.25) is 0 Å². The standard InChI is InChI=1S/C11H21NO2/c1-14-11-7-3-5-9(11)12-8-4-2-6-10(8)13/h8-13H,2-7H2,1H3. The molecule has 2 rings (SSSR count). The van der Waals surface area contributed by atoms with Crippen LogP contribution in [0.5, 0.6) is 0 Å². The van der Waals surface area contributed by atoms with Gasteiger partial charge in [0.2, 0.25) is 0 Å². The molecular formula is C11H21NO2. The highest BCUT2D eigenvalue weighted by molar-refractivity contribution is 4.91. The van der Waals surface area contributed by atoms with Gasteiger partial charge in [0.1, 0.15) is 0 Å². The van der Waals surface area contributed by atoms with Crippen LogP contribution >= 0.6 is 0 Å². The molecule has 0 heterocycles. The van der Waals surface area contributed by atoms with E-state index >= 15 is 0 Å². The maximum Gasteiger partial charge on any atom is 0.0724 e. The van der Waals surface area contributed by atoms with Crippen molar-refractivity contribution in [1.29, 1.82) is 0 Å². The van der Waals surface area contributed by atoms with Crippen molar-refractivity contribution in [2.75, 3.05) is 7.11 Å². The lowest BCUT2D eigenvalue weighted by atomic mass is 10.1. The van der Waals surface area contributed by atoms with Gasteiger partial charge < -0.3 is 15.2 Å². The summed E-state index contributed by atoms with van der Waals surface area (Å²) < 4.78 is 5.43. The Morgan fingerprint density at radius 2 is 1.79 bits per heavy atom. The Labute approximate surface area is 85.8 Å². The van der Waals surface area contributed by atoms with Crippen LogP contribution in [0.4, 0.5) is 0 Å². The van der Waals surface area contributed by atoms with Gasteiger partial charge in [-0.2, -0.15) is 0 Å². The highest BCUT2D eigenvalue weighted by atomic mass is 16.5. The molecule has 3 nitrogen and oxygen atoms in total. The monoisotopic (exact) mass is 199 g/mol. The molecule has 2 N–H and O–H groups in total. The van der Waals surface area contributed by atoms with Crippen molar-refractivity contribution >= 4 is 0 Å².